The molecule has 2 aromatic rings. The largest absolute Gasteiger partial charge is 0.354 e. The van der Waals surface area contributed by atoms with Gasteiger partial charge in [0, 0.05) is 24.3 Å². The van der Waals surface area contributed by atoms with Gasteiger partial charge in [-0.1, -0.05) is 25.1 Å². The SMILES string of the molecule is CCC1CCCCN1c1cc(C(=O)Nc2ccccc2C)nc(C)n1. The second-order valence-electron chi connectivity index (χ2n) is 6.68. The van der Waals surface area contributed by atoms with Crippen molar-refractivity contribution in [1.29, 1.82) is 0 Å². The van der Waals surface area contributed by atoms with Gasteiger partial charge in [0.1, 0.15) is 17.3 Å². The Balaban J connectivity index is 1.86. The monoisotopic (exact) mass is 338 g/mol. The number of carbonyl (C=O) groups excluding carboxylic acids is 1. The number of piperidine rings is 1. The highest BCUT2D eigenvalue weighted by atomic mass is 16.1. The fourth-order valence-corrected chi connectivity index (χ4v) is 3.44. The van der Waals surface area contributed by atoms with Crippen molar-refractivity contribution in [3.8, 4) is 0 Å². The molecule has 1 aromatic heterocycles. The van der Waals surface area contributed by atoms with Crippen LogP contribution in [0.1, 0.15) is 54.5 Å². The maximum Gasteiger partial charge on any atom is 0.274 e. The van der Waals surface area contributed by atoms with Crippen molar-refractivity contribution in [2.45, 2.75) is 52.5 Å². The summed E-state index contributed by atoms with van der Waals surface area (Å²) in [5.74, 6) is 1.31. The van der Waals surface area contributed by atoms with Crippen molar-refractivity contribution in [2.75, 3.05) is 16.8 Å². The Morgan fingerprint density at radius 2 is 2.04 bits per heavy atom. The summed E-state index contributed by atoms with van der Waals surface area (Å²) in [4.78, 5) is 24.0. The average Bonchev–Trinajstić information content (AvgIpc) is 2.63. The standard InChI is InChI=1S/C20H26N4O/c1-4-16-10-7-8-12-24(16)19-13-18(21-15(3)22-19)20(25)23-17-11-6-5-9-14(17)2/h5-6,9,11,13,16H,4,7-8,10,12H2,1-3H3,(H,23,25). The molecule has 1 aliphatic rings. The number of anilines is 2. The molecule has 1 N–H and O–H groups in total. The average molecular weight is 338 g/mol. The Morgan fingerprint density at radius 3 is 2.80 bits per heavy atom. The van der Waals surface area contributed by atoms with E-state index in [1.54, 1.807) is 0 Å². The number of rotatable bonds is 4. The van der Waals surface area contributed by atoms with Crippen molar-refractivity contribution in [2.24, 2.45) is 0 Å². The predicted octanol–water partition coefficient (Wildman–Crippen LogP) is 4.11. The molecular weight excluding hydrogens is 312 g/mol. The Bertz CT molecular complexity index is 759. The molecule has 1 fully saturated rings. The van der Waals surface area contributed by atoms with Crippen molar-refractivity contribution >= 4 is 17.4 Å². The minimum Gasteiger partial charge on any atom is -0.354 e. The first-order valence-corrected chi connectivity index (χ1v) is 9.07. The van der Waals surface area contributed by atoms with E-state index in [2.05, 4.69) is 27.1 Å². The molecule has 0 saturated carbocycles. The van der Waals surface area contributed by atoms with E-state index in [9.17, 15) is 4.79 Å². The molecule has 2 heterocycles. The maximum atomic E-state index is 12.7. The van der Waals surface area contributed by atoms with Crippen LogP contribution in [-0.4, -0.2) is 28.5 Å². The molecule has 1 saturated heterocycles. The molecule has 5 heteroatoms. The number of aryl methyl sites for hydroxylation is 2. The van der Waals surface area contributed by atoms with Crippen molar-refractivity contribution in [1.82, 2.24) is 9.97 Å². The molecule has 1 unspecified atom stereocenters. The summed E-state index contributed by atoms with van der Waals surface area (Å²) in [5, 5.41) is 2.96. The minimum atomic E-state index is -0.189. The third-order valence-corrected chi connectivity index (χ3v) is 4.84. The fourth-order valence-electron chi connectivity index (χ4n) is 3.44. The van der Waals surface area contributed by atoms with Crippen LogP contribution in [0.4, 0.5) is 11.5 Å². The molecule has 0 aliphatic carbocycles. The minimum absolute atomic E-state index is 0.189. The van der Waals surface area contributed by atoms with Crippen LogP contribution in [0.15, 0.2) is 30.3 Å². The predicted molar refractivity (Wildman–Crippen MR) is 101 cm³/mol. The molecule has 132 valence electrons. The van der Waals surface area contributed by atoms with E-state index in [0.717, 1.165) is 30.0 Å². The van der Waals surface area contributed by atoms with Crippen LogP contribution >= 0.6 is 0 Å². The number of nitrogens with one attached hydrogen (secondary N) is 1. The normalized spacial score (nSPS) is 17.4. The Hall–Kier alpha value is -2.43. The van der Waals surface area contributed by atoms with Gasteiger partial charge in [0.15, 0.2) is 0 Å². The molecule has 5 nitrogen and oxygen atoms in total. The summed E-state index contributed by atoms with van der Waals surface area (Å²) in [5.41, 5.74) is 2.27. The van der Waals surface area contributed by atoms with Crippen molar-refractivity contribution in [3.63, 3.8) is 0 Å². The third-order valence-electron chi connectivity index (χ3n) is 4.84. The van der Waals surface area contributed by atoms with Crippen LogP contribution in [0.25, 0.3) is 0 Å². The lowest BCUT2D eigenvalue weighted by Crippen LogP contribution is -2.40. The molecule has 0 radical (unpaired) electrons. The van der Waals surface area contributed by atoms with Gasteiger partial charge in [-0.05, 0) is 51.2 Å². The molecule has 1 aromatic carbocycles. The van der Waals surface area contributed by atoms with Gasteiger partial charge < -0.3 is 10.2 Å². The highest BCUT2D eigenvalue weighted by molar-refractivity contribution is 6.03. The van der Waals surface area contributed by atoms with Gasteiger partial charge in [0.2, 0.25) is 0 Å². The number of aromatic nitrogens is 2. The van der Waals surface area contributed by atoms with E-state index in [1.807, 2.05) is 44.2 Å². The van der Waals surface area contributed by atoms with Crippen molar-refractivity contribution in [3.05, 3.63) is 47.4 Å². The number of nitrogens with zero attached hydrogens (tertiary/aromatic N) is 3. The first kappa shape index (κ1) is 17.4. The molecule has 1 amide bonds. The Morgan fingerprint density at radius 1 is 1.24 bits per heavy atom. The number of amides is 1. The van der Waals surface area contributed by atoms with Gasteiger partial charge in [0.05, 0.1) is 0 Å². The quantitative estimate of drug-likeness (QED) is 0.911. The molecule has 1 aliphatic heterocycles. The van der Waals surface area contributed by atoms with Gasteiger partial charge in [-0.25, -0.2) is 9.97 Å². The van der Waals surface area contributed by atoms with Crippen LogP contribution in [0, 0.1) is 13.8 Å². The number of hydrogen-bond donors (Lipinski definition) is 1. The summed E-state index contributed by atoms with van der Waals surface area (Å²) in [6.07, 6.45) is 4.71. The molecule has 1 atom stereocenters. The fraction of sp³-hybridized carbons (Fsp3) is 0.450. The highest BCUT2D eigenvalue weighted by Crippen LogP contribution is 2.26. The lowest BCUT2D eigenvalue weighted by molar-refractivity contribution is 0.102. The van der Waals surface area contributed by atoms with E-state index >= 15 is 0 Å². The van der Waals surface area contributed by atoms with E-state index in [4.69, 9.17) is 0 Å². The van der Waals surface area contributed by atoms with Gasteiger partial charge >= 0.3 is 0 Å². The van der Waals surface area contributed by atoms with Crippen molar-refractivity contribution < 1.29 is 4.79 Å². The zero-order valence-electron chi connectivity index (χ0n) is 15.2. The summed E-state index contributed by atoms with van der Waals surface area (Å²) < 4.78 is 0. The molecular formula is C20H26N4O. The highest BCUT2D eigenvalue weighted by Gasteiger charge is 2.23. The molecule has 0 bridgehead atoms. The van der Waals surface area contributed by atoms with E-state index in [0.29, 0.717) is 17.6 Å². The van der Waals surface area contributed by atoms with Gasteiger partial charge in [0.25, 0.3) is 5.91 Å². The van der Waals surface area contributed by atoms with Crippen LogP contribution in [0.3, 0.4) is 0 Å². The van der Waals surface area contributed by atoms with Crippen LogP contribution < -0.4 is 10.2 Å². The summed E-state index contributed by atoms with van der Waals surface area (Å²) in [6.45, 7) is 7.03. The Kier molecular flexibility index (Phi) is 5.31. The summed E-state index contributed by atoms with van der Waals surface area (Å²) in [7, 11) is 0. The lowest BCUT2D eigenvalue weighted by atomic mass is 10.00. The number of hydrogen-bond acceptors (Lipinski definition) is 4. The molecule has 0 spiro atoms. The summed E-state index contributed by atoms with van der Waals surface area (Å²) in [6, 6.07) is 10.1. The Labute approximate surface area is 149 Å². The lowest BCUT2D eigenvalue weighted by Gasteiger charge is -2.36. The first-order chi connectivity index (χ1) is 12.1. The zero-order valence-corrected chi connectivity index (χ0v) is 15.2. The smallest absolute Gasteiger partial charge is 0.274 e. The molecule has 25 heavy (non-hydrogen) atoms. The first-order valence-electron chi connectivity index (χ1n) is 9.07. The van der Waals surface area contributed by atoms with Crippen LogP contribution in [-0.2, 0) is 0 Å². The van der Waals surface area contributed by atoms with Crippen LogP contribution in [0.5, 0.6) is 0 Å². The summed E-state index contributed by atoms with van der Waals surface area (Å²) >= 11 is 0. The van der Waals surface area contributed by atoms with E-state index in [-0.39, 0.29) is 5.91 Å². The third kappa shape index (κ3) is 3.98. The second-order valence-corrected chi connectivity index (χ2v) is 6.68. The van der Waals surface area contributed by atoms with Gasteiger partial charge in [-0.3, -0.25) is 4.79 Å². The van der Waals surface area contributed by atoms with E-state index in [1.165, 1.54) is 19.3 Å². The number of carbonyl (C=O) groups is 1. The van der Waals surface area contributed by atoms with Crippen LogP contribution in [0.2, 0.25) is 0 Å². The van der Waals surface area contributed by atoms with E-state index < -0.39 is 0 Å². The molecule has 3 rings (SSSR count). The van der Waals surface area contributed by atoms with Gasteiger partial charge in [-0.2, -0.15) is 0 Å². The number of para-hydroxylation sites is 1. The topological polar surface area (TPSA) is 58.1 Å². The second kappa shape index (κ2) is 7.64. The maximum absolute atomic E-state index is 12.7. The zero-order chi connectivity index (χ0) is 17.8. The van der Waals surface area contributed by atoms with Gasteiger partial charge in [-0.15, -0.1) is 0 Å². The number of benzene rings is 1.